The molecular formula is C15H27NO. The van der Waals surface area contributed by atoms with Crippen molar-refractivity contribution in [3.63, 3.8) is 0 Å². The summed E-state index contributed by atoms with van der Waals surface area (Å²) in [5.74, 6) is 3.05. The highest BCUT2D eigenvalue weighted by molar-refractivity contribution is 4.94. The fraction of sp³-hybridized carbons (Fsp3) is 1.00. The van der Waals surface area contributed by atoms with Crippen LogP contribution in [0.1, 0.15) is 52.4 Å². The van der Waals surface area contributed by atoms with Crippen LogP contribution in [0.4, 0.5) is 0 Å². The lowest BCUT2D eigenvalue weighted by Gasteiger charge is -2.29. The molecule has 2 aliphatic carbocycles. The second-order valence-corrected chi connectivity index (χ2v) is 6.68. The van der Waals surface area contributed by atoms with Gasteiger partial charge in [-0.15, -0.1) is 0 Å². The monoisotopic (exact) mass is 237 g/mol. The molecule has 1 heterocycles. The maximum Gasteiger partial charge on any atom is 0.0704 e. The minimum atomic E-state index is 0.478. The lowest BCUT2D eigenvalue weighted by atomic mass is 9.84. The van der Waals surface area contributed by atoms with Crippen molar-refractivity contribution in [1.82, 2.24) is 5.32 Å². The van der Waals surface area contributed by atoms with E-state index in [1.807, 2.05) is 0 Å². The minimum absolute atomic E-state index is 0.478. The van der Waals surface area contributed by atoms with Crippen molar-refractivity contribution in [3.8, 4) is 0 Å². The average molecular weight is 237 g/mol. The van der Waals surface area contributed by atoms with Crippen LogP contribution in [0, 0.1) is 17.8 Å². The minimum Gasteiger partial charge on any atom is -0.374 e. The maximum atomic E-state index is 5.87. The van der Waals surface area contributed by atoms with Gasteiger partial charge >= 0.3 is 0 Å². The van der Waals surface area contributed by atoms with E-state index in [0.29, 0.717) is 18.2 Å². The van der Waals surface area contributed by atoms with Gasteiger partial charge in [-0.1, -0.05) is 6.42 Å². The number of ether oxygens (including phenoxy) is 1. The van der Waals surface area contributed by atoms with Crippen molar-refractivity contribution in [1.29, 1.82) is 0 Å². The molecule has 2 nitrogen and oxygen atoms in total. The predicted octanol–water partition coefficient (Wildman–Crippen LogP) is 2.97. The van der Waals surface area contributed by atoms with E-state index < -0.39 is 0 Å². The topological polar surface area (TPSA) is 21.3 Å². The molecule has 0 radical (unpaired) electrons. The molecule has 1 N–H and O–H groups in total. The summed E-state index contributed by atoms with van der Waals surface area (Å²) < 4.78 is 5.87. The van der Waals surface area contributed by atoms with Gasteiger partial charge in [0.15, 0.2) is 0 Å². The van der Waals surface area contributed by atoms with Gasteiger partial charge in [-0.2, -0.15) is 0 Å². The average Bonchev–Trinajstić information content (AvgIpc) is 3.01. The fourth-order valence-corrected chi connectivity index (χ4v) is 4.41. The van der Waals surface area contributed by atoms with E-state index in [2.05, 4.69) is 19.2 Å². The third-order valence-electron chi connectivity index (χ3n) is 5.42. The summed E-state index contributed by atoms with van der Waals surface area (Å²) in [7, 11) is 0. The molecule has 0 aromatic rings. The summed E-state index contributed by atoms with van der Waals surface area (Å²) >= 11 is 0. The van der Waals surface area contributed by atoms with Gasteiger partial charge in [0.2, 0.25) is 0 Å². The van der Waals surface area contributed by atoms with E-state index in [1.54, 1.807) is 0 Å². The summed E-state index contributed by atoms with van der Waals surface area (Å²) in [5, 5.41) is 3.75. The molecule has 1 aliphatic heterocycles. The zero-order valence-electron chi connectivity index (χ0n) is 11.3. The van der Waals surface area contributed by atoms with Crippen molar-refractivity contribution in [2.45, 2.75) is 70.6 Å². The van der Waals surface area contributed by atoms with E-state index in [0.717, 1.165) is 24.3 Å². The molecule has 0 amide bonds. The summed E-state index contributed by atoms with van der Waals surface area (Å²) in [6.07, 6.45) is 9.47. The van der Waals surface area contributed by atoms with E-state index in [-0.39, 0.29) is 0 Å². The molecule has 0 aromatic heterocycles. The third-order valence-corrected chi connectivity index (χ3v) is 5.42. The number of hydrogen-bond acceptors (Lipinski definition) is 2. The lowest BCUT2D eigenvalue weighted by molar-refractivity contribution is 0.0524. The van der Waals surface area contributed by atoms with E-state index >= 15 is 0 Å². The molecule has 17 heavy (non-hydrogen) atoms. The Labute approximate surface area is 105 Å². The molecule has 2 saturated carbocycles. The Bertz CT molecular complexity index is 268. The summed E-state index contributed by atoms with van der Waals surface area (Å²) in [4.78, 5) is 0. The number of rotatable bonds is 4. The van der Waals surface area contributed by atoms with E-state index in [9.17, 15) is 0 Å². The van der Waals surface area contributed by atoms with Crippen LogP contribution in [0.2, 0.25) is 0 Å². The normalized spacial score (nSPS) is 46.6. The van der Waals surface area contributed by atoms with Gasteiger partial charge in [-0.25, -0.2) is 0 Å². The van der Waals surface area contributed by atoms with Gasteiger partial charge in [-0.05, 0) is 63.7 Å². The second-order valence-electron chi connectivity index (χ2n) is 6.68. The molecule has 1 saturated heterocycles. The molecule has 3 fully saturated rings. The molecule has 6 atom stereocenters. The van der Waals surface area contributed by atoms with Crippen molar-refractivity contribution >= 4 is 0 Å². The molecule has 6 unspecified atom stereocenters. The molecule has 2 bridgehead atoms. The second kappa shape index (κ2) is 4.89. The Morgan fingerprint density at radius 1 is 1.18 bits per heavy atom. The molecule has 0 spiro atoms. The van der Waals surface area contributed by atoms with E-state index in [1.165, 1.54) is 38.5 Å². The first-order valence-corrected chi connectivity index (χ1v) is 7.61. The first-order chi connectivity index (χ1) is 8.22. The van der Waals surface area contributed by atoms with Crippen LogP contribution in [0.3, 0.4) is 0 Å². The maximum absolute atomic E-state index is 5.87. The Balaban J connectivity index is 1.43. The van der Waals surface area contributed by atoms with Gasteiger partial charge in [0.1, 0.15) is 0 Å². The Morgan fingerprint density at radius 2 is 2.06 bits per heavy atom. The van der Waals surface area contributed by atoms with Crippen LogP contribution >= 0.6 is 0 Å². The Hall–Kier alpha value is -0.0800. The van der Waals surface area contributed by atoms with Crippen LogP contribution in [-0.2, 0) is 4.74 Å². The first-order valence-electron chi connectivity index (χ1n) is 7.61. The highest BCUT2D eigenvalue weighted by atomic mass is 16.5. The summed E-state index contributed by atoms with van der Waals surface area (Å²) in [6, 6.07) is 0.699. The van der Waals surface area contributed by atoms with Crippen LogP contribution in [0.5, 0.6) is 0 Å². The van der Waals surface area contributed by atoms with Gasteiger partial charge in [0.25, 0.3) is 0 Å². The van der Waals surface area contributed by atoms with Crippen LogP contribution in [0.15, 0.2) is 0 Å². The van der Waals surface area contributed by atoms with Crippen molar-refractivity contribution in [3.05, 3.63) is 0 Å². The smallest absolute Gasteiger partial charge is 0.0704 e. The summed E-state index contributed by atoms with van der Waals surface area (Å²) in [5.41, 5.74) is 0. The number of hydrogen-bond donors (Lipinski definition) is 1. The molecule has 3 aliphatic rings. The van der Waals surface area contributed by atoms with E-state index in [4.69, 9.17) is 4.74 Å². The molecular weight excluding hydrogens is 210 g/mol. The highest BCUT2D eigenvalue weighted by Gasteiger charge is 2.41. The van der Waals surface area contributed by atoms with Crippen LogP contribution in [0.25, 0.3) is 0 Å². The van der Waals surface area contributed by atoms with Crippen molar-refractivity contribution in [2.75, 3.05) is 6.54 Å². The predicted molar refractivity (Wildman–Crippen MR) is 70.0 cm³/mol. The number of fused-ring (bicyclic) bond motifs is 2. The molecule has 0 aromatic carbocycles. The fourth-order valence-electron chi connectivity index (χ4n) is 4.41. The van der Waals surface area contributed by atoms with Crippen LogP contribution in [-0.4, -0.2) is 24.8 Å². The zero-order valence-corrected chi connectivity index (χ0v) is 11.3. The van der Waals surface area contributed by atoms with Gasteiger partial charge < -0.3 is 10.1 Å². The standard InChI is InChI=1S/C15H27NO/c1-10-3-6-14(17-10)9-16-11(2)15-8-12-4-5-13(15)7-12/h10-16H,3-9H2,1-2H3. The van der Waals surface area contributed by atoms with Gasteiger partial charge in [-0.3, -0.25) is 0 Å². The quantitative estimate of drug-likeness (QED) is 0.811. The third kappa shape index (κ3) is 2.53. The van der Waals surface area contributed by atoms with Crippen molar-refractivity contribution < 1.29 is 4.74 Å². The van der Waals surface area contributed by atoms with Gasteiger partial charge in [0, 0.05) is 12.6 Å². The molecule has 98 valence electrons. The SMILES string of the molecule is CC1CCC(CNC(C)C2CC3CCC2C3)O1. The highest BCUT2D eigenvalue weighted by Crippen LogP contribution is 2.49. The Kier molecular flexibility index (Phi) is 3.45. The molecule has 3 rings (SSSR count). The summed E-state index contributed by atoms with van der Waals surface area (Å²) in [6.45, 7) is 5.66. The van der Waals surface area contributed by atoms with Crippen LogP contribution < -0.4 is 5.32 Å². The first kappa shape index (κ1) is 12.0. The molecule has 2 heteroatoms. The van der Waals surface area contributed by atoms with Crippen molar-refractivity contribution in [2.24, 2.45) is 17.8 Å². The number of nitrogens with one attached hydrogen (secondary N) is 1. The zero-order chi connectivity index (χ0) is 11.8. The van der Waals surface area contributed by atoms with Gasteiger partial charge in [0.05, 0.1) is 12.2 Å². The lowest BCUT2D eigenvalue weighted by Crippen LogP contribution is -2.40. The Morgan fingerprint density at radius 3 is 2.65 bits per heavy atom. The largest absolute Gasteiger partial charge is 0.374 e.